The van der Waals surface area contributed by atoms with E-state index in [0.717, 1.165) is 32.1 Å². The quantitative estimate of drug-likeness (QED) is 0.842. The van der Waals surface area contributed by atoms with Crippen molar-refractivity contribution in [1.82, 2.24) is 4.57 Å². The molecule has 1 aromatic heterocycles. The number of nitrogens with zero attached hydrogens (tertiary/aromatic N) is 1. The van der Waals surface area contributed by atoms with Gasteiger partial charge in [-0.25, -0.2) is 4.79 Å². The van der Waals surface area contributed by atoms with E-state index in [1.54, 1.807) is 6.92 Å². The monoisotopic (exact) mass is 269 g/mol. The summed E-state index contributed by atoms with van der Waals surface area (Å²) < 4.78 is 10.8. The van der Waals surface area contributed by atoms with Crippen molar-refractivity contribution in [2.45, 2.75) is 51.5 Å². The first-order valence-electron chi connectivity index (χ1n) is 6.71. The number of carbonyl (C=O) groups excluding carboxylic acids is 1. The molecule has 1 N–H and O–H groups in total. The second kappa shape index (κ2) is 5.95. The van der Waals surface area contributed by atoms with Gasteiger partial charge >= 0.3 is 17.7 Å². The largest absolute Gasteiger partial charge is 0.479 e. The molecular formula is C13H19NO5. The highest BCUT2D eigenvalue weighted by Crippen LogP contribution is 2.36. The Kier molecular flexibility index (Phi) is 4.29. The van der Waals surface area contributed by atoms with Crippen LogP contribution in [-0.2, 0) is 16.1 Å². The fourth-order valence-corrected chi connectivity index (χ4v) is 2.66. The first-order valence-corrected chi connectivity index (χ1v) is 6.71. The first kappa shape index (κ1) is 13.7. The molecule has 0 amide bonds. The number of aromatic nitrogens is 1. The van der Waals surface area contributed by atoms with Crippen LogP contribution in [0.3, 0.4) is 0 Å². The lowest BCUT2D eigenvalue weighted by Crippen LogP contribution is -2.25. The molecule has 0 bridgehead atoms. The molecule has 1 fully saturated rings. The van der Waals surface area contributed by atoms with Gasteiger partial charge in [-0.3, -0.25) is 9.36 Å². The molecule has 1 aliphatic carbocycles. The lowest BCUT2D eigenvalue weighted by Gasteiger charge is -2.21. The number of rotatable bonds is 4. The SMILES string of the molecule is CCOC(=O)Cn1c(C2CCCCC2)c(O)oc1=O. The highest BCUT2D eigenvalue weighted by molar-refractivity contribution is 5.69. The van der Waals surface area contributed by atoms with Crippen molar-refractivity contribution in [1.29, 1.82) is 0 Å². The van der Waals surface area contributed by atoms with Gasteiger partial charge < -0.3 is 14.3 Å². The molecule has 6 heteroatoms. The van der Waals surface area contributed by atoms with Gasteiger partial charge in [-0.15, -0.1) is 0 Å². The Labute approximate surface area is 111 Å². The minimum Gasteiger partial charge on any atom is -0.479 e. The normalized spacial score (nSPS) is 16.5. The highest BCUT2D eigenvalue weighted by atomic mass is 16.5. The molecule has 6 nitrogen and oxygen atoms in total. The van der Waals surface area contributed by atoms with Crippen molar-refractivity contribution in [3.63, 3.8) is 0 Å². The predicted octanol–water partition coefficient (Wildman–Crippen LogP) is 1.76. The molecule has 1 aromatic rings. The van der Waals surface area contributed by atoms with Crippen LogP contribution in [0.4, 0.5) is 0 Å². The van der Waals surface area contributed by atoms with Gasteiger partial charge in [-0.2, -0.15) is 0 Å². The number of hydrogen-bond donors (Lipinski definition) is 1. The van der Waals surface area contributed by atoms with Crippen LogP contribution >= 0.6 is 0 Å². The van der Waals surface area contributed by atoms with E-state index in [9.17, 15) is 14.7 Å². The summed E-state index contributed by atoms with van der Waals surface area (Å²) in [6.45, 7) is 1.76. The first-order chi connectivity index (χ1) is 9.13. The van der Waals surface area contributed by atoms with E-state index in [1.165, 1.54) is 4.57 Å². The van der Waals surface area contributed by atoms with Gasteiger partial charge in [0.05, 0.1) is 6.61 Å². The van der Waals surface area contributed by atoms with E-state index in [1.807, 2.05) is 0 Å². The van der Waals surface area contributed by atoms with Gasteiger partial charge in [0.1, 0.15) is 12.2 Å². The van der Waals surface area contributed by atoms with Crippen molar-refractivity contribution < 1.29 is 19.1 Å². The third-order valence-corrected chi connectivity index (χ3v) is 3.50. The molecule has 1 saturated carbocycles. The zero-order valence-electron chi connectivity index (χ0n) is 11.1. The van der Waals surface area contributed by atoms with Crippen LogP contribution in [0.15, 0.2) is 9.21 Å². The van der Waals surface area contributed by atoms with Crippen LogP contribution in [-0.4, -0.2) is 22.2 Å². The van der Waals surface area contributed by atoms with Crippen molar-refractivity contribution >= 4 is 5.97 Å². The Hall–Kier alpha value is -1.72. The van der Waals surface area contributed by atoms with Gasteiger partial charge in [0.15, 0.2) is 0 Å². The molecular weight excluding hydrogens is 250 g/mol. The summed E-state index contributed by atoms with van der Waals surface area (Å²) in [4.78, 5) is 23.2. The number of oxazole rings is 1. The standard InChI is InChI=1S/C13H19NO5/c1-2-18-10(15)8-14-11(12(16)19-13(14)17)9-6-4-3-5-7-9/h9,16H,2-8H2,1H3. The van der Waals surface area contributed by atoms with E-state index in [4.69, 9.17) is 9.15 Å². The zero-order chi connectivity index (χ0) is 13.8. The maximum Gasteiger partial charge on any atom is 0.422 e. The van der Waals surface area contributed by atoms with Crippen LogP contribution in [0.25, 0.3) is 0 Å². The maximum absolute atomic E-state index is 11.7. The third kappa shape index (κ3) is 3.00. The van der Waals surface area contributed by atoms with Gasteiger partial charge in [-0.05, 0) is 19.8 Å². The van der Waals surface area contributed by atoms with Gasteiger partial charge in [0.25, 0.3) is 0 Å². The Morgan fingerprint density at radius 1 is 1.42 bits per heavy atom. The van der Waals surface area contributed by atoms with E-state index in [2.05, 4.69) is 0 Å². The molecule has 0 aromatic carbocycles. The molecule has 106 valence electrons. The summed E-state index contributed by atoms with van der Waals surface area (Å²) in [5.74, 6) is -1.48. The van der Waals surface area contributed by atoms with Gasteiger partial charge in [0, 0.05) is 5.92 Å². The molecule has 19 heavy (non-hydrogen) atoms. The number of hydrogen-bond acceptors (Lipinski definition) is 5. The van der Waals surface area contributed by atoms with Crippen LogP contribution < -0.4 is 5.76 Å². The average Bonchev–Trinajstić information content (AvgIpc) is 2.65. The summed E-state index contributed by atoms with van der Waals surface area (Å²) in [5, 5.41) is 9.77. The smallest absolute Gasteiger partial charge is 0.422 e. The van der Waals surface area contributed by atoms with E-state index in [0.29, 0.717) is 5.69 Å². The topological polar surface area (TPSA) is 81.7 Å². The third-order valence-electron chi connectivity index (χ3n) is 3.50. The van der Waals surface area contributed by atoms with Crippen LogP contribution in [0.2, 0.25) is 0 Å². The molecule has 0 saturated heterocycles. The van der Waals surface area contributed by atoms with E-state index >= 15 is 0 Å². The van der Waals surface area contributed by atoms with Crippen LogP contribution in [0.5, 0.6) is 5.95 Å². The molecule has 0 unspecified atom stereocenters. The van der Waals surface area contributed by atoms with Gasteiger partial charge in [-0.1, -0.05) is 19.3 Å². The fraction of sp³-hybridized carbons (Fsp3) is 0.692. The number of ether oxygens (including phenoxy) is 1. The van der Waals surface area contributed by atoms with Crippen molar-refractivity contribution in [3.05, 3.63) is 16.2 Å². The number of esters is 1. The lowest BCUT2D eigenvalue weighted by atomic mass is 9.87. The average molecular weight is 269 g/mol. The molecule has 0 atom stereocenters. The molecule has 0 radical (unpaired) electrons. The maximum atomic E-state index is 11.7. The minimum atomic E-state index is -0.703. The second-order valence-corrected chi connectivity index (χ2v) is 4.78. The minimum absolute atomic E-state index is 0.0784. The number of aromatic hydroxyl groups is 1. The Morgan fingerprint density at radius 3 is 2.74 bits per heavy atom. The summed E-state index contributed by atoms with van der Waals surface area (Å²) in [7, 11) is 0. The summed E-state index contributed by atoms with van der Waals surface area (Å²) in [6, 6.07) is 0. The van der Waals surface area contributed by atoms with Crippen LogP contribution in [0.1, 0.15) is 50.6 Å². The summed E-state index contributed by atoms with van der Waals surface area (Å²) in [6.07, 6.45) is 5.08. The summed E-state index contributed by atoms with van der Waals surface area (Å²) in [5.41, 5.74) is 0.442. The Morgan fingerprint density at radius 2 is 2.11 bits per heavy atom. The van der Waals surface area contributed by atoms with Crippen molar-refractivity contribution in [2.75, 3.05) is 6.61 Å². The Bertz CT molecular complexity index is 496. The van der Waals surface area contributed by atoms with Crippen molar-refractivity contribution in [2.24, 2.45) is 0 Å². The molecule has 2 rings (SSSR count). The Balaban J connectivity index is 2.26. The van der Waals surface area contributed by atoms with Crippen LogP contribution in [0, 0.1) is 0 Å². The fourth-order valence-electron chi connectivity index (χ4n) is 2.66. The molecule has 0 aliphatic heterocycles. The van der Waals surface area contributed by atoms with Crippen molar-refractivity contribution in [3.8, 4) is 5.95 Å². The molecule has 0 spiro atoms. The predicted molar refractivity (Wildman–Crippen MR) is 67.1 cm³/mol. The zero-order valence-corrected chi connectivity index (χ0v) is 11.1. The van der Waals surface area contributed by atoms with E-state index in [-0.39, 0.29) is 25.0 Å². The lowest BCUT2D eigenvalue weighted by molar-refractivity contribution is -0.143. The van der Waals surface area contributed by atoms with E-state index < -0.39 is 11.7 Å². The second-order valence-electron chi connectivity index (χ2n) is 4.78. The highest BCUT2D eigenvalue weighted by Gasteiger charge is 2.27. The number of carbonyl (C=O) groups is 1. The molecule has 1 aliphatic rings. The molecule has 1 heterocycles. The summed E-state index contributed by atoms with van der Waals surface area (Å²) >= 11 is 0. The van der Waals surface area contributed by atoms with Gasteiger partial charge in [0.2, 0.25) is 0 Å².